The molecular formula is C15H21ClN4O2. The largest absolute Gasteiger partial charge is 0.345 e. The van der Waals surface area contributed by atoms with Crippen LogP contribution in [0.5, 0.6) is 0 Å². The lowest BCUT2D eigenvalue weighted by atomic mass is 10.1. The van der Waals surface area contributed by atoms with E-state index in [0.717, 1.165) is 5.56 Å². The highest BCUT2D eigenvalue weighted by atomic mass is 35.5. The fourth-order valence-corrected chi connectivity index (χ4v) is 1.84. The van der Waals surface area contributed by atoms with Crippen molar-refractivity contribution in [3.05, 3.63) is 35.7 Å². The Labute approximate surface area is 136 Å². The van der Waals surface area contributed by atoms with Crippen molar-refractivity contribution in [2.24, 2.45) is 0 Å². The summed E-state index contributed by atoms with van der Waals surface area (Å²) < 4.78 is 5.26. The van der Waals surface area contributed by atoms with Crippen LogP contribution in [0.2, 0.25) is 0 Å². The fourth-order valence-electron chi connectivity index (χ4n) is 1.84. The molecule has 0 saturated carbocycles. The molecule has 0 bridgehead atoms. The van der Waals surface area contributed by atoms with E-state index in [1.54, 1.807) is 31.1 Å². The molecule has 1 aromatic heterocycles. The molecule has 2 aromatic rings. The van der Waals surface area contributed by atoms with Crippen molar-refractivity contribution in [1.82, 2.24) is 20.4 Å². The molecule has 6 nitrogen and oxygen atoms in total. The molecule has 2 rings (SSSR count). The van der Waals surface area contributed by atoms with Crippen LogP contribution in [-0.2, 0) is 6.42 Å². The number of carbonyl (C=O) groups is 1. The van der Waals surface area contributed by atoms with Gasteiger partial charge in [0.15, 0.2) is 5.82 Å². The molecule has 0 aliphatic rings. The first kappa shape index (κ1) is 18.1. The third-order valence-corrected chi connectivity index (χ3v) is 3.23. The van der Waals surface area contributed by atoms with Gasteiger partial charge in [-0.25, -0.2) is 0 Å². The lowest BCUT2D eigenvalue weighted by Gasteiger charge is -2.09. The lowest BCUT2D eigenvalue weighted by molar-refractivity contribution is 0.0827. The highest BCUT2D eigenvalue weighted by Gasteiger charge is 2.12. The molecule has 7 heteroatoms. The number of likely N-dealkylation sites (N-methyl/N-ethyl adjacent to an activating group) is 1. The average Bonchev–Trinajstić information content (AvgIpc) is 2.94. The van der Waals surface area contributed by atoms with E-state index in [0.29, 0.717) is 23.7 Å². The third kappa shape index (κ3) is 4.29. The summed E-state index contributed by atoms with van der Waals surface area (Å²) in [6, 6.07) is 7.44. The van der Waals surface area contributed by atoms with Gasteiger partial charge >= 0.3 is 0 Å². The number of aromatic nitrogens is 2. The summed E-state index contributed by atoms with van der Waals surface area (Å²) in [5.41, 5.74) is 1.44. The van der Waals surface area contributed by atoms with Gasteiger partial charge in [-0.1, -0.05) is 5.16 Å². The Balaban J connectivity index is 0.00000242. The Morgan fingerprint density at radius 1 is 1.32 bits per heavy atom. The molecule has 0 aliphatic heterocycles. The molecule has 1 aromatic carbocycles. The molecule has 120 valence electrons. The molecule has 0 radical (unpaired) electrons. The van der Waals surface area contributed by atoms with E-state index in [1.807, 2.05) is 19.2 Å². The molecule has 0 fully saturated rings. The van der Waals surface area contributed by atoms with Crippen molar-refractivity contribution in [3.8, 4) is 11.5 Å². The van der Waals surface area contributed by atoms with Crippen LogP contribution in [0, 0.1) is 0 Å². The maximum absolute atomic E-state index is 11.8. The van der Waals surface area contributed by atoms with Crippen LogP contribution >= 0.6 is 12.4 Å². The molecule has 1 heterocycles. The monoisotopic (exact) mass is 324 g/mol. The summed E-state index contributed by atoms with van der Waals surface area (Å²) >= 11 is 0. The van der Waals surface area contributed by atoms with Gasteiger partial charge in [0.2, 0.25) is 0 Å². The van der Waals surface area contributed by atoms with Gasteiger partial charge in [-0.2, -0.15) is 4.98 Å². The number of rotatable bonds is 5. The SMILES string of the molecule is CNC(C)Cc1noc(-c2ccc(C(=O)N(C)C)cc2)n1.Cl. The van der Waals surface area contributed by atoms with E-state index >= 15 is 0 Å². The van der Waals surface area contributed by atoms with Crippen molar-refractivity contribution < 1.29 is 9.32 Å². The first-order valence-electron chi connectivity index (χ1n) is 6.83. The molecule has 0 aliphatic carbocycles. The Morgan fingerprint density at radius 3 is 2.50 bits per heavy atom. The van der Waals surface area contributed by atoms with Crippen molar-refractivity contribution in [2.45, 2.75) is 19.4 Å². The fraction of sp³-hybridized carbons (Fsp3) is 0.400. The first-order valence-corrected chi connectivity index (χ1v) is 6.83. The van der Waals surface area contributed by atoms with E-state index in [9.17, 15) is 4.79 Å². The smallest absolute Gasteiger partial charge is 0.257 e. The number of hydrogen-bond donors (Lipinski definition) is 1. The maximum atomic E-state index is 11.8. The zero-order valence-electron chi connectivity index (χ0n) is 13.2. The molecule has 1 amide bonds. The van der Waals surface area contributed by atoms with E-state index in [4.69, 9.17) is 4.52 Å². The zero-order chi connectivity index (χ0) is 15.4. The summed E-state index contributed by atoms with van der Waals surface area (Å²) in [4.78, 5) is 17.7. The van der Waals surface area contributed by atoms with Crippen LogP contribution in [0.4, 0.5) is 0 Å². The first-order chi connectivity index (χ1) is 10.0. The Hall–Kier alpha value is -1.92. The third-order valence-electron chi connectivity index (χ3n) is 3.23. The minimum Gasteiger partial charge on any atom is -0.345 e. The van der Waals surface area contributed by atoms with Crippen LogP contribution in [0.1, 0.15) is 23.1 Å². The molecule has 0 spiro atoms. The number of halogens is 1. The van der Waals surface area contributed by atoms with Gasteiger partial charge in [-0.05, 0) is 38.2 Å². The number of benzene rings is 1. The summed E-state index contributed by atoms with van der Waals surface area (Å²) in [7, 11) is 5.35. The topological polar surface area (TPSA) is 71.3 Å². The zero-order valence-corrected chi connectivity index (χ0v) is 14.0. The quantitative estimate of drug-likeness (QED) is 0.911. The van der Waals surface area contributed by atoms with Crippen LogP contribution in [0.15, 0.2) is 28.8 Å². The summed E-state index contributed by atoms with van der Waals surface area (Å²) in [5, 5.41) is 7.09. The molecular weight excluding hydrogens is 304 g/mol. The molecule has 22 heavy (non-hydrogen) atoms. The highest BCUT2D eigenvalue weighted by molar-refractivity contribution is 5.94. The van der Waals surface area contributed by atoms with Gasteiger partial charge in [-0.3, -0.25) is 4.79 Å². The molecule has 1 atom stereocenters. The molecule has 1 N–H and O–H groups in total. The van der Waals surface area contributed by atoms with Crippen molar-refractivity contribution >= 4 is 18.3 Å². The minimum absolute atomic E-state index is 0. The maximum Gasteiger partial charge on any atom is 0.257 e. The predicted molar refractivity (Wildman–Crippen MR) is 87.2 cm³/mol. The number of hydrogen-bond acceptors (Lipinski definition) is 5. The standard InChI is InChI=1S/C15H20N4O2.ClH/c1-10(16-2)9-13-17-14(21-18-13)11-5-7-12(8-6-11)15(20)19(3)4;/h5-8,10,16H,9H2,1-4H3;1H. The van der Waals surface area contributed by atoms with Crippen LogP contribution in [0.3, 0.4) is 0 Å². The lowest BCUT2D eigenvalue weighted by Crippen LogP contribution is -2.24. The van der Waals surface area contributed by atoms with E-state index in [2.05, 4.69) is 22.4 Å². The van der Waals surface area contributed by atoms with Crippen molar-refractivity contribution in [3.63, 3.8) is 0 Å². The predicted octanol–water partition coefficient (Wildman–Crippen LogP) is 2.01. The van der Waals surface area contributed by atoms with Gasteiger partial charge in [0.25, 0.3) is 11.8 Å². The summed E-state index contributed by atoms with van der Waals surface area (Å²) in [6.45, 7) is 2.05. The molecule has 0 saturated heterocycles. The number of amides is 1. The van der Waals surface area contributed by atoms with Crippen molar-refractivity contribution in [2.75, 3.05) is 21.1 Å². The van der Waals surface area contributed by atoms with Gasteiger partial charge in [0, 0.05) is 37.7 Å². The Kier molecular flexibility index (Phi) is 6.52. The second-order valence-corrected chi connectivity index (χ2v) is 5.19. The minimum atomic E-state index is -0.0318. The number of carbonyl (C=O) groups excluding carboxylic acids is 1. The van der Waals surface area contributed by atoms with Gasteiger partial charge in [0.05, 0.1) is 0 Å². The van der Waals surface area contributed by atoms with Crippen LogP contribution < -0.4 is 5.32 Å². The van der Waals surface area contributed by atoms with Crippen molar-refractivity contribution in [1.29, 1.82) is 0 Å². The van der Waals surface area contributed by atoms with Gasteiger partial charge in [-0.15, -0.1) is 12.4 Å². The number of nitrogens with zero attached hydrogens (tertiary/aromatic N) is 3. The summed E-state index contributed by atoms with van der Waals surface area (Å²) in [5.74, 6) is 1.10. The van der Waals surface area contributed by atoms with E-state index in [1.165, 1.54) is 0 Å². The van der Waals surface area contributed by atoms with Gasteiger partial charge < -0.3 is 14.7 Å². The Bertz CT molecular complexity index is 610. The number of nitrogens with one attached hydrogen (secondary N) is 1. The highest BCUT2D eigenvalue weighted by Crippen LogP contribution is 2.18. The Morgan fingerprint density at radius 2 is 1.95 bits per heavy atom. The molecule has 1 unspecified atom stereocenters. The van der Waals surface area contributed by atoms with E-state index < -0.39 is 0 Å². The summed E-state index contributed by atoms with van der Waals surface area (Å²) in [6.07, 6.45) is 0.706. The average molecular weight is 325 g/mol. The second-order valence-electron chi connectivity index (χ2n) is 5.19. The van der Waals surface area contributed by atoms with E-state index in [-0.39, 0.29) is 24.4 Å². The second kappa shape index (κ2) is 7.91. The normalized spacial score (nSPS) is 11.6. The van der Waals surface area contributed by atoms with Gasteiger partial charge in [0.1, 0.15) is 0 Å². The van der Waals surface area contributed by atoms with Crippen LogP contribution in [-0.4, -0.2) is 48.1 Å². The van der Waals surface area contributed by atoms with Crippen LogP contribution in [0.25, 0.3) is 11.5 Å².